The second-order valence-corrected chi connectivity index (χ2v) is 42.3. The lowest BCUT2D eigenvalue weighted by atomic mass is 9.81. The summed E-state index contributed by atoms with van der Waals surface area (Å²) in [4.78, 5) is 0. The van der Waals surface area contributed by atoms with Crippen LogP contribution in [0.2, 0.25) is 0 Å². The molecule has 0 bridgehead atoms. The van der Waals surface area contributed by atoms with Crippen molar-refractivity contribution in [2.24, 2.45) is 0 Å². The summed E-state index contributed by atoms with van der Waals surface area (Å²) in [5.41, 5.74) is 37.5. The van der Waals surface area contributed by atoms with Gasteiger partial charge >= 0.3 is 0 Å². The Morgan fingerprint density at radius 3 is 1.08 bits per heavy atom. The summed E-state index contributed by atoms with van der Waals surface area (Å²) < 4.78 is 34.6. The number of rotatable bonds is 0. The molecule has 26 aromatic rings. The van der Waals surface area contributed by atoms with Crippen LogP contribution in [0.3, 0.4) is 0 Å². The van der Waals surface area contributed by atoms with Gasteiger partial charge in [-0.15, -0.1) is 45.3 Å². The molecule has 0 spiro atoms. The normalized spacial score (nSPS) is 11.9. The fourth-order valence-electron chi connectivity index (χ4n) is 19.8. The molecule has 4 nitrogen and oxygen atoms in total. The summed E-state index contributed by atoms with van der Waals surface area (Å²) in [7, 11) is 0. The molecule has 1 aliphatic carbocycles. The van der Waals surface area contributed by atoms with Crippen LogP contribution in [0.5, 0.6) is 0 Å². The molecule has 0 fully saturated rings. The number of para-hydroxylation sites is 1. The molecule has 0 saturated heterocycles. The molecule has 1 aliphatic rings. The van der Waals surface area contributed by atoms with Crippen molar-refractivity contribution in [2.75, 3.05) is 0 Å². The molecule has 0 aliphatic heterocycles. The van der Waals surface area contributed by atoms with Crippen molar-refractivity contribution in [1.82, 2.24) is 0 Å². The molecule has 27 rings (SSSR count). The third-order valence-corrected chi connectivity index (χ3v) is 32.0. The summed E-state index contributed by atoms with van der Waals surface area (Å²) in [5.74, 6) is 0. The predicted octanol–water partition coefficient (Wildman–Crippen LogP) is 40.1. The average Bonchev–Trinajstić information content (AvgIpc) is 1.58. The van der Waals surface area contributed by atoms with Gasteiger partial charge < -0.3 is 17.7 Å². The monoisotopic (exact) mass is 1850 g/mol. The van der Waals surface area contributed by atoms with Crippen molar-refractivity contribution < 1.29 is 17.7 Å². The van der Waals surface area contributed by atoms with Gasteiger partial charge in [0, 0.05) is 129 Å². The first-order valence-electron chi connectivity index (χ1n) is 47.4. The van der Waals surface area contributed by atoms with Gasteiger partial charge in [0.1, 0.15) is 44.7 Å². The lowest BCUT2D eigenvalue weighted by Crippen LogP contribution is -2.15. The number of hydrogen-bond acceptors (Lipinski definition) is 8. The minimum atomic E-state index is 0.142. The Hall–Kier alpha value is -14.0. The maximum absolute atomic E-state index is 5.86. The minimum Gasteiger partial charge on any atom is -0.456 e. The lowest BCUT2D eigenvalue weighted by molar-refractivity contribution is 0.659. The third kappa shape index (κ3) is 18.3. The van der Waals surface area contributed by atoms with Crippen molar-refractivity contribution in [2.45, 2.75) is 144 Å². The van der Waals surface area contributed by atoms with Crippen molar-refractivity contribution >= 4 is 214 Å². The quantitative estimate of drug-likeness (QED) is 0.152. The first kappa shape index (κ1) is 92.1. The smallest absolute Gasteiger partial charge is 0.138 e. The van der Waals surface area contributed by atoms with Gasteiger partial charge in [-0.05, 0) is 310 Å². The van der Waals surface area contributed by atoms with Crippen LogP contribution in [0.15, 0.2) is 345 Å². The Kier molecular flexibility index (Phi) is 25.8. The summed E-state index contributed by atoms with van der Waals surface area (Å²) in [6, 6.07) is 117. The largest absolute Gasteiger partial charge is 0.456 e. The number of furan rings is 4. The molecule has 678 valence electrons. The van der Waals surface area contributed by atoms with Gasteiger partial charge in [-0.2, -0.15) is 0 Å². The van der Waals surface area contributed by atoms with Gasteiger partial charge in [0.2, 0.25) is 0 Å². The molecule has 137 heavy (non-hydrogen) atoms. The van der Waals surface area contributed by atoms with E-state index >= 15 is 0 Å². The SMILES string of the molecule is Cc1ccc(C)c2c1sc1ccccc12.Cc1ccc2c(c1)C(C)(C)c1cc(C)ccc1-2.Cc1ccc2c(c1)oc1c(C)cccc12.Cc1ccc2c(c1)oc1cc(C)ccc12.Cc1ccc2c(c1)oc1cccc(C)c12.Cc1ccc2oc3cccc(C)c3c2c1.Cc1ccc2sc3c(C)cccc3c2c1.Cc1cccc2c1sc1cccc(C)c12.Cc1cccc2sc3cccc(C)c3c12. The highest BCUT2D eigenvalue weighted by Crippen LogP contribution is 2.50. The van der Waals surface area contributed by atoms with Crippen molar-refractivity contribution in [3.05, 3.63) is 439 Å². The molecule has 18 aromatic carbocycles. The van der Waals surface area contributed by atoms with Crippen molar-refractivity contribution in [3.8, 4) is 11.1 Å². The zero-order chi connectivity index (χ0) is 95.5. The van der Waals surface area contributed by atoms with E-state index in [2.05, 4.69) is 436 Å². The summed E-state index contributed by atoms with van der Waals surface area (Å²) >= 11 is 7.59. The molecule has 0 unspecified atom stereocenters. The Labute approximate surface area is 818 Å². The van der Waals surface area contributed by atoms with Crippen LogP contribution in [-0.2, 0) is 5.41 Å². The Morgan fingerprint density at radius 1 is 0.175 bits per heavy atom. The number of aryl methyl sites for hydroxylation is 18. The first-order valence-corrected chi connectivity index (χ1v) is 50.6. The molecular weight excluding hydrogens is 1740 g/mol. The van der Waals surface area contributed by atoms with E-state index in [1.807, 2.05) is 75.7 Å². The topological polar surface area (TPSA) is 52.6 Å². The van der Waals surface area contributed by atoms with E-state index in [-0.39, 0.29) is 5.41 Å². The second-order valence-electron chi connectivity index (χ2n) is 38.0. The van der Waals surface area contributed by atoms with Crippen molar-refractivity contribution in [3.63, 3.8) is 0 Å². The standard InChI is InChI=1S/C17H18.4C14H12O.4C14H12S/c1-11-5-7-13-14-8-6-12(2)10-16(14)17(3,4)15(13)9-11;1-9-3-5-11-12-6-4-10(2)8-14(12)15-13(11)7-9;1-9-6-7-12-11(8-9)14-10(2)4-3-5-13(14)15-12;1-9-6-7-11-13(8-9)15-12-5-3-4-10(2)14(11)12;1-9-6-7-11-12-5-3-4-10(2)14(12)15-13(11)8-9;1-9-5-4-8-12-13(9)11-7-3-6-10(2)14(11)15-12;1-9-5-3-7-11-13(9)14-10(2)6-4-8-12(14)15-11;1-9-6-7-13-12(8-9)11-5-3-4-10(2)14(11)15-13;1-9-7-8-10(2)14-13(9)11-5-3-4-6-12(11)15-14/h5-10H,1-4H3;8*3-8H,1-2H3. The van der Waals surface area contributed by atoms with Gasteiger partial charge in [-0.1, -0.05) is 279 Å². The Balaban J connectivity index is 0.0000000987. The average molecular weight is 1860 g/mol. The van der Waals surface area contributed by atoms with Crippen LogP contribution in [0.4, 0.5) is 0 Å². The van der Waals surface area contributed by atoms with Gasteiger partial charge in [-0.3, -0.25) is 0 Å². The van der Waals surface area contributed by atoms with Crippen LogP contribution >= 0.6 is 45.3 Å². The predicted molar refractivity (Wildman–Crippen MR) is 601 cm³/mol. The van der Waals surface area contributed by atoms with Crippen LogP contribution in [0.1, 0.15) is 125 Å². The number of benzene rings is 18. The van der Waals surface area contributed by atoms with Crippen LogP contribution in [0.25, 0.3) is 180 Å². The van der Waals surface area contributed by atoms with Crippen molar-refractivity contribution in [1.29, 1.82) is 0 Å². The number of hydrogen-bond donors (Lipinski definition) is 0. The second kappa shape index (κ2) is 38.3. The van der Waals surface area contributed by atoms with Gasteiger partial charge in [-0.25, -0.2) is 0 Å². The fourth-order valence-corrected chi connectivity index (χ4v) is 24.7. The van der Waals surface area contributed by atoms with Crippen LogP contribution in [0, 0.1) is 125 Å². The molecule has 8 heterocycles. The molecule has 0 atom stereocenters. The number of fused-ring (bicyclic) bond motifs is 27. The highest BCUT2D eigenvalue weighted by molar-refractivity contribution is 7.27. The third-order valence-electron chi connectivity index (χ3n) is 27.0. The van der Waals surface area contributed by atoms with E-state index in [0.29, 0.717) is 0 Å². The maximum atomic E-state index is 5.86. The molecule has 0 saturated carbocycles. The molecule has 0 radical (unpaired) electrons. The van der Waals surface area contributed by atoms with E-state index in [9.17, 15) is 0 Å². The van der Waals surface area contributed by atoms with Crippen LogP contribution < -0.4 is 0 Å². The molecule has 8 heteroatoms. The molecule has 0 amide bonds. The van der Waals surface area contributed by atoms with Gasteiger partial charge in [0.05, 0.1) is 0 Å². The maximum Gasteiger partial charge on any atom is 0.138 e. The summed E-state index contributed by atoms with van der Waals surface area (Å²) in [6.07, 6.45) is 0. The zero-order valence-electron chi connectivity index (χ0n) is 81.9. The lowest BCUT2D eigenvalue weighted by Gasteiger charge is -2.22. The Morgan fingerprint density at radius 2 is 0.511 bits per heavy atom. The summed E-state index contributed by atoms with van der Waals surface area (Å²) in [6.45, 7) is 43.3. The molecule has 8 aromatic heterocycles. The van der Waals surface area contributed by atoms with E-state index in [0.717, 1.165) is 44.7 Å². The fraction of sp³-hybridized carbons (Fsp3) is 0.163. The van der Waals surface area contributed by atoms with E-state index in [4.69, 9.17) is 17.7 Å². The summed E-state index contributed by atoms with van der Waals surface area (Å²) in [5, 5.41) is 21.1. The molecular formula is C129H114O4S4. The van der Waals surface area contributed by atoms with Gasteiger partial charge in [0.15, 0.2) is 0 Å². The Bertz CT molecular complexity index is 8890. The molecule has 0 N–H and O–H groups in total. The van der Waals surface area contributed by atoms with Crippen LogP contribution in [-0.4, -0.2) is 0 Å². The van der Waals surface area contributed by atoms with E-state index < -0.39 is 0 Å². The first-order chi connectivity index (χ1) is 66.1. The minimum absolute atomic E-state index is 0.142. The van der Waals surface area contributed by atoms with E-state index in [1.165, 1.54) is 246 Å². The number of thiophene rings is 4. The highest BCUT2D eigenvalue weighted by Gasteiger charge is 2.35. The zero-order valence-corrected chi connectivity index (χ0v) is 85.2. The van der Waals surface area contributed by atoms with E-state index in [1.54, 1.807) is 0 Å². The highest BCUT2D eigenvalue weighted by atomic mass is 32.1. The van der Waals surface area contributed by atoms with Gasteiger partial charge in [0.25, 0.3) is 0 Å².